The molecule has 0 saturated carbocycles. The SMILES string of the molecule is C=CS(=O)(=O)N(C)Cc1cc(F)ccc1C. The van der Waals surface area contributed by atoms with E-state index in [1.54, 1.807) is 6.07 Å². The molecule has 0 aromatic heterocycles. The van der Waals surface area contributed by atoms with Crippen molar-refractivity contribution in [3.63, 3.8) is 0 Å². The highest BCUT2D eigenvalue weighted by Crippen LogP contribution is 2.14. The molecule has 0 saturated heterocycles. The van der Waals surface area contributed by atoms with Gasteiger partial charge >= 0.3 is 0 Å². The number of sulfonamides is 1. The maximum absolute atomic E-state index is 13.0. The molecule has 0 radical (unpaired) electrons. The van der Waals surface area contributed by atoms with Crippen LogP contribution >= 0.6 is 0 Å². The summed E-state index contributed by atoms with van der Waals surface area (Å²) in [5.41, 5.74) is 1.50. The monoisotopic (exact) mass is 243 g/mol. The third-order valence-corrected chi connectivity index (χ3v) is 3.77. The van der Waals surface area contributed by atoms with Gasteiger partial charge < -0.3 is 0 Å². The minimum absolute atomic E-state index is 0.137. The van der Waals surface area contributed by atoms with Crippen molar-refractivity contribution in [3.8, 4) is 0 Å². The molecule has 0 unspecified atom stereocenters. The van der Waals surface area contributed by atoms with Crippen LogP contribution in [0.2, 0.25) is 0 Å². The lowest BCUT2D eigenvalue weighted by Gasteiger charge is -2.15. The Morgan fingerprint density at radius 2 is 2.12 bits per heavy atom. The summed E-state index contributed by atoms with van der Waals surface area (Å²) in [6.07, 6.45) is 0. The molecule has 1 rings (SSSR count). The molecule has 0 bridgehead atoms. The Labute approximate surface area is 95.3 Å². The van der Waals surface area contributed by atoms with Crippen molar-refractivity contribution >= 4 is 10.0 Å². The first-order valence-corrected chi connectivity index (χ1v) is 6.21. The summed E-state index contributed by atoms with van der Waals surface area (Å²) in [5, 5.41) is 0.877. The van der Waals surface area contributed by atoms with Crippen LogP contribution in [0.1, 0.15) is 11.1 Å². The van der Waals surface area contributed by atoms with Crippen LogP contribution in [0.4, 0.5) is 4.39 Å². The first-order valence-electron chi connectivity index (χ1n) is 4.70. The highest BCUT2D eigenvalue weighted by atomic mass is 32.2. The predicted molar refractivity (Wildman–Crippen MR) is 61.7 cm³/mol. The topological polar surface area (TPSA) is 37.4 Å². The Morgan fingerprint density at radius 3 is 2.69 bits per heavy atom. The third-order valence-electron chi connectivity index (χ3n) is 2.35. The third kappa shape index (κ3) is 2.90. The van der Waals surface area contributed by atoms with Crippen LogP contribution in [0.5, 0.6) is 0 Å². The van der Waals surface area contributed by atoms with Crippen LogP contribution in [0, 0.1) is 12.7 Å². The summed E-state index contributed by atoms with van der Waals surface area (Å²) in [4.78, 5) is 0. The van der Waals surface area contributed by atoms with E-state index in [1.807, 2.05) is 6.92 Å². The molecule has 5 heteroatoms. The number of benzene rings is 1. The van der Waals surface area contributed by atoms with Gasteiger partial charge in [0.25, 0.3) is 0 Å². The van der Waals surface area contributed by atoms with Gasteiger partial charge in [-0.3, -0.25) is 0 Å². The van der Waals surface area contributed by atoms with Crippen molar-refractivity contribution < 1.29 is 12.8 Å². The van der Waals surface area contributed by atoms with E-state index in [0.717, 1.165) is 15.3 Å². The quantitative estimate of drug-likeness (QED) is 0.811. The molecule has 0 heterocycles. The van der Waals surface area contributed by atoms with Gasteiger partial charge in [0.15, 0.2) is 0 Å². The maximum Gasteiger partial charge on any atom is 0.235 e. The second-order valence-electron chi connectivity index (χ2n) is 3.54. The zero-order chi connectivity index (χ0) is 12.3. The molecule has 88 valence electrons. The van der Waals surface area contributed by atoms with E-state index in [0.29, 0.717) is 5.56 Å². The fourth-order valence-electron chi connectivity index (χ4n) is 1.27. The molecule has 1 aromatic carbocycles. The van der Waals surface area contributed by atoms with Gasteiger partial charge in [-0.1, -0.05) is 12.6 Å². The lowest BCUT2D eigenvalue weighted by atomic mass is 10.1. The van der Waals surface area contributed by atoms with Gasteiger partial charge in [0.1, 0.15) is 5.82 Å². The average Bonchev–Trinajstić information content (AvgIpc) is 2.23. The van der Waals surface area contributed by atoms with Crippen LogP contribution < -0.4 is 0 Å². The van der Waals surface area contributed by atoms with Crippen molar-refractivity contribution in [2.24, 2.45) is 0 Å². The summed E-state index contributed by atoms with van der Waals surface area (Å²) >= 11 is 0. The van der Waals surface area contributed by atoms with E-state index in [4.69, 9.17) is 0 Å². The molecule has 0 N–H and O–H groups in total. The molecule has 0 aliphatic rings. The predicted octanol–water partition coefficient (Wildman–Crippen LogP) is 2.04. The molecule has 0 aliphatic carbocycles. The first kappa shape index (κ1) is 12.9. The molecule has 0 amide bonds. The molecule has 1 aromatic rings. The van der Waals surface area contributed by atoms with Gasteiger partial charge in [0, 0.05) is 19.0 Å². The second kappa shape index (κ2) is 4.76. The number of nitrogens with zero attached hydrogens (tertiary/aromatic N) is 1. The molecule has 16 heavy (non-hydrogen) atoms. The Bertz CT molecular complexity index is 497. The van der Waals surface area contributed by atoms with E-state index in [2.05, 4.69) is 6.58 Å². The maximum atomic E-state index is 13.0. The molecular formula is C11H14FNO2S. The van der Waals surface area contributed by atoms with Crippen LogP contribution in [-0.2, 0) is 16.6 Å². The number of hydrogen-bond donors (Lipinski definition) is 0. The molecule has 3 nitrogen and oxygen atoms in total. The van der Waals surface area contributed by atoms with E-state index in [1.165, 1.54) is 19.2 Å². The summed E-state index contributed by atoms with van der Waals surface area (Å²) in [7, 11) is -2.02. The molecule has 0 fully saturated rings. The number of aryl methyl sites for hydroxylation is 1. The minimum atomic E-state index is -3.45. The van der Waals surface area contributed by atoms with Gasteiger partial charge in [-0.2, -0.15) is 4.31 Å². The van der Waals surface area contributed by atoms with Crippen molar-refractivity contribution in [2.75, 3.05) is 7.05 Å². The highest BCUT2D eigenvalue weighted by molar-refractivity contribution is 7.91. The Hall–Kier alpha value is -1.20. The molecule has 0 aliphatic heterocycles. The summed E-state index contributed by atoms with van der Waals surface area (Å²) in [6, 6.07) is 4.31. The molecular weight excluding hydrogens is 229 g/mol. The largest absolute Gasteiger partial charge is 0.235 e. The Kier molecular flexibility index (Phi) is 3.83. The smallest absolute Gasteiger partial charge is 0.208 e. The summed E-state index contributed by atoms with van der Waals surface area (Å²) in [6.45, 7) is 5.18. The van der Waals surface area contributed by atoms with Crippen LogP contribution in [-0.4, -0.2) is 19.8 Å². The van der Waals surface area contributed by atoms with Crippen molar-refractivity contribution in [3.05, 3.63) is 47.1 Å². The normalized spacial score (nSPS) is 11.8. The summed E-state index contributed by atoms with van der Waals surface area (Å²) < 4.78 is 36.9. The van der Waals surface area contributed by atoms with Gasteiger partial charge in [-0.05, 0) is 30.2 Å². The molecule has 0 atom stereocenters. The first-order chi connectivity index (χ1) is 7.36. The Morgan fingerprint density at radius 1 is 1.50 bits per heavy atom. The number of halogens is 1. The zero-order valence-corrected chi connectivity index (χ0v) is 10.1. The second-order valence-corrected chi connectivity index (χ2v) is 5.53. The number of rotatable bonds is 4. The van der Waals surface area contributed by atoms with Crippen molar-refractivity contribution in [1.29, 1.82) is 0 Å². The fourth-order valence-corrected chi connectivity index (χ4v) is 1.84. The van der Waals surface area contributed by atoms with E-state index in [-0.39, 0.29) is 12.4 Å². The zero-order valence-electron chi connectivity index (χ0n) is 9.27. The van der Waals surface area contributed by atoms with Gasteiger partial charge in [0.2, 0.25) is 10.0 Å². The number of hydrogen-bond acceptors (Lipinski definition) is 2. The van der Waals surface area contributed by atoms with Crippen molar-refractivity contribution in [2.45, 2.75) is 13.5 Å². The van der Waals surface area contributed by atoms with E-state index in [9.17, 15) is 12.8 Å². The fraction of sp³-hybridized carbons (Fsp3) is 0.273. The van der Waals surface area contributed by atoms with Gasteiger partial charge in [0.05, 0.1) is 0 Å². The summed E-state index contributed by atoms with van der Waals surface area (Å²) in [5.74, 6) is -0.370. The van der Waals surface area contributed by atoms with Crippen molar-refractivity contribution in [1.82, 2.24) is 4.31 Å². The minimum Gasteiger partial charge on any atom is -0.208 e. The standard InChI is InChI=1S/C11H14FNO2S/c1-4-16(14,15)13(3)8-10-7-11(12)6-5-9(10)2/h4-7H,1,8H2,2-3H3. The van der Waals surface area contributed by atoms with Gasteiger partial charge in [-0.25, -0.2) is 12.8 Å². The average molecular weight is 243 g/mol. The van der Waals surface area contributed by atoms with Gasteiger partial charge in [-0.15, -0.1) is 0 Å². The molecule has 0 spiro atoms. The van der Waals surface area contributed by atoms with Crippen LogP contribution in [0.3, 0.4) is 0 Å². The van der Waals surface area contributed by atoms with E-state index < -0.39 is 10.0 Å². The highest BCUT2D eigenvalue weighted by Gasteiger charge is 2.14. The van der Waals surface area contributed by atoms with Crippen LogP contribution in [0.25, 0.3) is 0 Å². The lowest BCUT2D eigenvalue weighted by Crippen LogP contribution is -2.24. The Balaban J connectivity index is 2.97. The van der Waals surface area contributed by atoms with E-state index >= 15 is 0 Å². The van der Waals surface area contributed by atoms with Crippen LogP contribution in [0.15, 0.2) is 30.2 Å². The lowest BCUT2D eigenvalue weighted by molar-refractivity contribution is 0.473.